The Balaban J connectivity index is 2.02. The highest BCUT2D eigenvalue weighted by Crippen LogP contribution is 2.09. The maximum absolute atomic E-state index is 4.14. The van der Waals surface area contributed by atoms with E-state index in [1.807, 2.05) is 19.2 Å². The third-order valence-electron chi connectivity index (χ3n) is 2.19. The fraction of sp³-hybridized carbons (Fsp3) is 0.182. The molecule has 2 aromatic heterocycles. The Morgan fingerprint density at radius 2 is 2.00 bits per heavy atom. The minimum atomic E-state index is 0.624. The lowest BCUT2D eigenvalue weighted by Gasteiger charge is -2.06. The molecule has 0 radical (unpaired) electrons. The minimum Gasteiger partial charge on any atom is -0.350 e. The highest BCUT2D eigenvalue weighted by atomic mass is 79.9. The number of hydrogen-bond acceptors (Lipinski definition) is 4. The van der Waals surface area contributed by atoms with Crippen molar-refractivity contribution in [2.45, 2.75) is 13.5 Å². The second-order valence-electron chi connectivity index (χ2n) is 3.38. The number of pyridine rings is 1. The fourth-order valence-corrected chi connectivity index (χ4v) is 1.48. The van der Waals surface area contributed by atoms with Gasteiger partial charge in [0.05, 0.1) is 4.47 Å². The smallest absolute Gasteiger partial charge is 0.222 e. The molecule has 5 heteroatoms. The second kappa shape index (κ2) is 5.03. The first-order valence-corrected chi connectivity index (χ1v) is 5.66. The van der Waals surface area contributed by atoms with Gasteiger partial charge in [0.2, 0.25) is 5.95 Å². The number of aryl methyl sites for hydroxylation is 1. The zero-order valence-electron chi connectivity index (χ0n) is 8.81. The van der Waals surface area contributed by atoms with E-state index in [1.165, 1.54) is 5.56 Å². The number of rotatable bonds is 3. The summed E-state index contributed by atoms with van der Waals surface area (Å²) in [4.78, 5) is 12.3. The first-order chi connectivity index (χ1) is 7.75. The quantitative estimate of drug-likeness (QED) is 0.938. The Bertz CT molecular complexity index is 470. The van der Waals surface area contributed by atoms with Crippen molar-refractivity contribution in [2.75, 3.05) is 5.32 Å². The molecule has 2 heterocycles. The SMILES string of the molecule is Cc1cnccc1CNc1ncc(Br)cn1. The van der Waals surface area contributed by atoms with Crippen LogP contribution in [0.2, 0.25) is 0 Å². The van der Waals surface area contributed by atoms with Gasteiger partial charge in [-0.25, -0.2) is 9.97 Å². The topological polar surface area (TPSA) is 50.7 Å². The van der Waals surface area contributed by atoms with Crippen LogP contribution >= 0.6 is 15.9 Å². The van der Waals surface area contributed by atoms with E-state index >= 15 is 0 Å². The van der Waals surface area contributed by atoms with Crippen LogP contribution < -0.4 is 5.32 Å². The molecule has 4 nitrogen and oxygen atoms in total. The van der Waals surface area contributed by atoms with Crippen LogP contribution in [0.1, 0.15) is 11.1 Å². The number of hydrogen-bond donors (Lipinski definition) is 1. The molecule has 0 unspecified atom stereocenters. The average Bonchev–Trinajstić information content (AvgIpc) is 2.30. The van der Waals surface area contributed by atoms with Crippen molar-refractivity contribution in [3.63, 3.8) is 0 Å². The monoisotopic (exact) mass is 278 g/mol. The molecule has 0 aliphatic heterocycles. The van der Waals surface area contributed by atoms with Gasteiger partial charge in [-0.1, -0.05) is 0 Å². The summed E-state index contributed by atoms with van der Waals surface area (Å²) in [7, 11) is 0. The zero-order valence-corrected chi connectivity index (χ0v) is 10.4. The van der Waals surface area contributed by atoms with Crippen LogP contribution in [0.25, 0.3) is 0 Å². The predicted octanol–water partition coefficient (Wildman–Crippen LogP) is 2.55. The Morgan fingerprint density at radius 3 is 2.69 bits per heavy atom. The van der Waals surface area contributed by atoms with Crippen molar-refractivity contribution in [2.24, 2.45) is 0 Å². The lowest BCUT2D eigenvalue weighted by atomic mass is 10.1. The summed E-state index contributed by atoms with van der Waals surface area (Å²) in [5.74, 6) is 0.624. The zero-order chi connectivity index (χ0) is 11.4. The second-order valence-corrected chi connectivity index (χ2v) is 4.30. The molecule has 0 amide bonds. The lowest BCUT2D eigenvalue weighted by Crippen LogP contribution is -2.04. The highest BCUT2D eigenvalue weighted by molar-refractivity contribution is 9.10. The van der Waals surface area contributed by atoms with E-state index < -0.39 is 0 Å². The van der Waals surface area contributed by atoms with E-state index in [0.29, 0.717) is 12.5 Å². The van der Waals surface area contributed by atoms with Crippen molar-refractivity contribution in [3.05, 3.63) is 46.5 Å². The lowest BCUT2D eigenvalue weighted by molar-refractivity contribution is 1.03. The summed E-state index contributed by atoms with van der Waals surface area (Å²) in [5, 5.41) is 3.16. The number of anilines is 1. The summed E-state index contributed by atoms with van der Waals surface area (Å²) in [6.45, 7) is 2.74. The van der Waals surface area contributed by atoms with Crippen LogP contribution in [-0.2, 0) is 6.54 Å². The van der Waals surface area contributed by atoms with Crippen molar-refractivity contribution in [1.29, 1.82) is 0 Å². The molecule has 0 bridgehead atoms. The predicted molar refractivity (Wildman–Crippen MR) is 66.0 cm³/mol. The number of nitrogens with one attached hydrogen (secondary N) is 1. The normalized spacial score (nSPS) is 10.1. The molecule has 2 rings (SSSR count). The Kier molecular flexibility index (Phi) is 3.46. The summed E-state index contributed by atoms with van der Waals surface area (Å²) in [6, 6.07) is 1.99. The largest absolute Gasteiger partial charge is 0.350 e. The van der Waals surface area contributed by atoms with Crippen LogP contribution in [0.15, 0.2) is 35.3 Å². The average molecular weight is 279 g/mol. The third-order valence-corrected chi connectivity index (χ3v) is 2.60. The van der Waals surface area contributed by atoms with E-state index in [2.05, 4.69) is 36.2 Å². The highest BCUT2D eigenvalue weighted by Gasteiger charge is 1.99. The molecular weight excluding hydrogens is 268 g/mol. The number of nitrogens with zero attached hydrogens (tertiary/aromatic N) is 3. The number of halogens is 1. The van der Waals surface area contributed by atoms with E-state index in [4.69, 9.17) is 0 Å². The molecule has 0 saturated heterocycles. The van der Waals surface area contributed by atoms with Gasteiger partial charge in [0.15, 0.2) is 0 Å². The van der Waals surface area contributed by atoms with E-state index in [0.717, 1.165) is 10.0 Å². The molecule has 0 fully saturated rings. The van der Waals surface area contributed by atoms with Gasteiger partial charge in [-0.05, 0) is 40.0 Å². The molecule has 2 aromatic rings. The summed E-state index contributed by atoms with van der Waals surface area (Å²) >= 11 is 3.29. The van der Waals surface area contributed by atoms with Crippen molar-refractivity contribution in [1.82, 2.24) is 15.0 Å². The molecule has 82 valence electrons. The molecule has 0 aliphatic carbocycles. The van der Waals surface area contributed by atoms with Crippen molar-refractivity contribution in [3.8, 4) is 0 Å². The molecule has 1 N–H and O–H groups in total. The molecule has 0 atom stereocenters. The van der Waals surface area contributed by atoms with Crippen LogP contribution in [0.3, 0.4) is 0 Å². The summed E-state index contributed by atoms with van der Waals surface area (Å²) in [5.41, 5.74) is 2.36. The Morgan fingerprint density at radius 1 is 1.25 bits per heavy atom. The standard InChI is InChI=1S/C11H11BrN4/c1-8-4-13-3-2-9(8)5-14-11-15-6-10(12)7-16-11/h2-4,6-7H,5H2,1H3,(H,14,15,16). The van der Waals surface area contributed by atoms with Gasteiger partial charge >= 0.3 is 0 Å². The van der Waals surface area contributed by atoms with E-state index in [9.17, 15) is 0 Å². The van der Waals surface area contributed by atoms with E-state index in [-0.39, 0.29) is 0 Å². The van der Waals surface area contributed by atoms with E-state index in [1.54, 1.807) is 18.6 Å². The Hall–Kier alpha value is -1.49. The van der Waals surface area contributed by atoms with Gasteiger partial charge < -0.3 is 5.32 Å². The van der Waals surface area contributed by atoms with Gasteiger partial charge in [-0.2, -0.15) is 0 Å². The van der Waals surface area contributed by atoms with Gasteiger partial charge in [0.25, 0.3) is 0 Å². The maximum Gasteiger partial charge on any atom is 0.222 e. The first kappa shape index (κ1) is 11.0. The van der Waals surface area contributed by atoms with Crippen LogP contribution in [0, 0.1) is 6.92 Å². The Labute approximate surface area is 102 Å². The van der Waals surface area contributed by atoms with Crippen molar-refractivity contribution < 1.29 is 0 Å². The fourth-order valence-electron chi connectivity index (χ4n) is 1.28. The summed E-state index contributed by atoms with van der Waals surface area (Å²) in [6.07, 6.45) is 7.06. The summed E-state index contributed by atoms with van der Waals surface area (Å²) < 4.78 is 0.873. The molecule has 0 spiro atoms. The van der Waals surface area contributed by atoms with Crippen LogP contribution in [-0.4, -0.2) is 15.0 Å². The first-order valence-electron chi connectivity index (χ1n) is 4.86. The van der Waals surface area contributed by atoms with Gasteiger partial charge in [-0.3, -0.25) is 4.98 Å². The molecular formula is C11H11BrN4. The molecule has 0 saturated carbocycles. The van der Waals surface area contributed by atoms with Gasteiger partial charge in [0, 0.05) is 31.3 Å². The maximum atomic E-state index is 4.14. The minimum absolute atomic E-state index is 0.624. The molecule has 0 aliphatic rings. The molecule has 16 heavy (non-hydrogen) atoms. The van der Waals surface area contributed by atoms with Crippen molar-refractivity contribution >= 4 is 21.9 Å². The van der Waals surface area contributed by atoms with Crippen LogP contribution in [0.4, 0.5) is 5.95 Å². The van der Waals surface area contributed by atoms with Gasteiger partial charge in [-0.15, -0.1) is 0 Å². The molecule has 0 aromatic carbocycles. The van der Waals surface area contributed by atoms with Crippen LogP contribution in [0.5, 0.6) is 0 Å². The number of aromatic nitrogens is 3. The van der Waals surface area contributed by atoms with Gasteiger partial charge in [0.1, 0.15) is 0 Å². The third kappa shape index (κ3) is 2.76.